The molecule has 2 aromatic rings. The lowest BCUT2D eigenvalue weighted by molar-refractivity contribution is 0.00326. The molecule has 0 spiro atoms. The fraction of sp³-hybridized carbons (Fsp3) is 0.524. The topological polar surface area (TPSA) is 71.8 Å². The number of amides is 1. The Labute approximate surface area is 158 Å². The fourth-order valence-corrected chi connectivity index (χ4v) is 4.48. The van der Waals surface area contributed by atoms with Crippen molar-refractivity contribution in [1.82, 2.24) is 4.90 Å². The lowest BCUT2D eigenvalue weighted by atomic mass is 9.84. The largest absolute Gasteiger partial charge is 0.450 e. The summed E-state index contributed by atoms with van der Waals surface area (Å²) in [6.07, 6.45) is 6.07. The maximum absolute atomic E-state index is 12.1. The summed E-state index contributed by atoms with van der Waals surface area (Å²) in [5.74, 6) is 0.819. The lowest BCUT2D eigenvalue weighted by Crippen LogP contribution is -2.54. The molecule has 1 aliphatic carbocycles. The zero-order chi connectivity index (χ0) is 18.8. The molecule has 2 atom stereocenters. The number of carbonyl (C=O) groups excluding carboxylic acids is 1. The predicted molar refractivity (Wildman–Crippen MR) is 104 cm³/mol. The van der Waals surface area contributed by atoms with Crippen LogP contribution in [0.15, 0.2) is 33.5 Å². The van der Waals surface area contributed by atoms with Crippen LogP contribution in [0, 0.1) is 5.92 Å². The minimum absolute atomic E-state index is 0.302. The number of rotatable bonds is 4. The van der Waals surface area contributed by atoms with Crippen molar-refractivity contribution < 1.29 is 13.9 Å². The normalized spacial score (nSPS) is 22.6. The Kier molecular flexibility index (Phi) is 5.16. The van der Waals surface area contributed by atoms with E-state index in [4.69, 9.17) is 9.15 Å². The molecule has 0 radical (unpaired) electrons. The third-order valence-corrected chi connectivity index (χ3v) is 5.78. The van der Waals surface area contributed by atoms with Crippen LogP contribution in [-0.4, -0.2) is 30.2 Å². The molecule has 6 nitrogen and oxygen atoms in total. The van der Waals surface area contributed by atoms with E-state index in [1.165, 1.54) is 32.1 Å². The van der Waals surface area contributed by atoms with Crippen LogP contribution in [0.1, 0.15) is 44.6 Å². The molecule has 27 heavy (non-hydrogen) atoms. The second kappa shape index (κ2) is 7.72. The molecule has 1 saturated carbocycles. The van der Waals surface area contributed by atoms with Crippen molar-refractivity contribution in [3.05, 3.63) is 40.2 Å². The monoisotopic (exact) mass is 370 g/mol. The zero-order valence-electron chi connectivity index (χ0n) is 15.7. The Morgan fingerprint density at radius 2 is 2.11 bits per heavy atom. The van der Waals surface area contributed by atoms with Gasteiger partial charge in [-0.1, -0.05) is 19.3 Å². The van der Waals surface area contributed by atoms with Crippen LogP contribution in [0.25, 0.3) is 11.0 Å². The summed E-state index contributed by atoms with van der Waals surface area (Å²) >= 11 is 0. The number of fused-ring (bicyclic) bond motifs is 2. The molecule has 1 aromatic heterocycles. The third-order valence-electron chi connectivity index (χ3n) is 5.78. The van der Waals surface area contributed by atoms with Gasteiger partial charge in [0.2, 0.25) is 0 Å². The first kappa shape index (κ1) is 18.0. The fourth-order valence-electron chi connectivity index (χ4n) is 4.48. The van der Waals surface area contributed by atoms with E-state index in [9.17, 15) is 9.59 Å². The van der Waals surface area contributed by atoms with Crippen LogP contribution in [0.4, 0.5) is 10.5 Å². The van der Waals surface area contributed by atoms with Gasteiger partial charge < -0.3 is 9.15 Å². The van der Waals surface area contributed by atoms with E-state index in [2.05, 4.69) is 10.2 Å². The Balaban J connectivity index is 1.56. The highest BCUT2D eigenvalue weighted by atomic mass is 16.5. The molecule has 4 rings (SSSR count). The van der Waals surface area contributed by atoms with E-state index in [-0.39, 0.29) is 5.63 Å². The molecular formula is C21H26N2O4. The Morgan fingerprint density at radius 1 is 1.26 bits per heavy atom. The van der Waals surface area contributed by atoms with Gasteiger partial charge >= 0.3 is 11.7 Å². The lowest BCUT2D eigenvalue weighted by Gasteiger charge is -2.48. The van der Waals surface area contributed by atoms with Gasteiger partial charge in [0.15, 0.2) is 0 Å². The molecule has 1 aliphatic heterocycles. The average molecular weight is 370 g/mol. The van der Waals surface area contributed by atoms with Gasteiger partial charge in [-0.05, 0) is 43.4 Å². The molecule has 0 unspecified atom stereocenters. The second-order valence-electron chi connectivity index (χ2n) is 7.54. The third kappa shape index (κ3) is 3.86. The second-order valence-corrected chi connectivity index (χ2v) is 7.54. The average Bonchev–Trinajstić information content (AvgIpc) is 2.80. The van der Waals surface area contributed by atoms with Crippen LogP contribution in [0.2, 0.25) is 0 Å². The molecular weight excluding hydrogens is 344 g/mol. The summed E-state index contributed by atoms with van der Waals surface area (Å²) in [6.45, 7) is 3.94. The Hall–Kier alpha value is -2.34. The summed E-state index contributed by atoms with van der Waals surface area (Å²) in [4.78, 5) is 26.2. The first-order valence-electron chi connectivity index (χ1n) is 9.88. The van der Waals surface area contributed by atoms with E-state index in [0.29, 0.717) is 23.9 Å². The number of carbonyl (C=O) groups is 1. The van der Waals surface area contributed by atoms with Gasteiger partial charge in [-0.3, -0.25) is 10.2 Å². The van der Waals surface area contributed by atoms with E-state index < -0.39 is 6.09 Å². The number of nitrogens with one attached hydrogen (secondary N) is 1. The van der Waals surface area contributed by atoms with Gasteiger partial charge in [0.1, 0.15) is 5.58 Å². The maximum Gasteiger partial charge on any atom is 0.411 e. The SMILES string of the molecule is CCOC(=O)Nc1ccc2c(CN3C[C@H]4CCCCC[C@@H]43)cc(=O)oc2c1. The van der Waals surface area contributed by atoms with E-state index in [1.54, 1.807) is 19.1 Å². The van der Waals surface area contributed by atoms with Crippen molar-refractivity contribution >= 4 is 22.7 Å². The van der Waals surface area contributed by atoms with Crippen molar-refractivity contribution in [2.45, 2.75) is 51.6 Å². The number of anilines is 1. The number of likely N-dealkylation sites (tertiary alicyclic amines) is 1. The molecule has 6 heteroatoms. The number of hydrogen-bond acceptors (Lipinski definition) is 5. The maximum atomic E-state index is 12.1. The van der Waals surface area contributed by atoms with Crippen molar-refractivity contribution in [2.24, 2.45) is 5.92 Å². The molecule has 144 valence electrons. The molecule has 1 saturated heterocycles. The van der Waals surface area contributed by atoms with Gasteiger partial charge in [-0.25, -0.2) is 9.59 Å². The summed E-state index contributed by atoms with van der Waals surface area (Å²) in [5.41, 5.74) is 1.68. The van der Waals surface area contributed by atoms with Gasteiger partial charge in [-0.15, -0.1) is 0 Å². The summed E-state index contributed by atoms with van der Waals surface area (Å²) in [7, 11) is 0. The van der Waals surface area contributed by atoms with E-state index in [1.807, 2.05) is 12.1 Å². The molecule has 1 N–H and O–H groups in total. The molecule has 0 bridgehead atoms. The van der Waals surface area contributed by atoms with Crippen molar-refractivity contribution in [2.75, 3.05) is 18.5 Å². The first-order chi connectivity index (χ1) is 13.1. The van der Waals surface area contributed by atoms with Crippen molar-refractivity contribution in [1.29, 1.82) is 0 Å². The van der Waals surface area contributed by atoms with Gasteiger partial charge in [0, 0.05) is 42.3 Å². The quantitative estimate of drug-likeness (QED) is 0.820. The minimum Gasteiger partial charge on any atom is -0.450 e. The highest BCUT2D eigenvalue weighted by molar-refractivity contribution is 5.89. The molecule has 2 aliphatic rings. The van der Waals surface area contributed by atoms with E-state index >= 15 is 0 Å². The summed E-state index contributed by atoms with van der Waals surface area (Å²) in [6, 6.07) is 7.65. The van der Waals surface area contributed by atoms with Crippen molar-refractivity contribution in [3.8, 4) is 0 Å². The van der Waals surface area contributed by atoms with Gasteiger partial charge in [0.05, 0.1) is 6.61 Å². The zero-order valence-corrected chi connectivity index (χ0v) is 15.7. The minimum atomic E-state index is -0.518. The summed E-state index contributed by atoms with van der Waals surface area (Å²) < 4.78 is 10.3. The van der Waals surface area contributed by atoms with Crippen LogP contribution in [0.5, 0.6) is 0 Å². The van der Waals surface area contributed by atoms with Gasteiger partial charge in [0.25, 0.3) is 0 Å². The molecule has 1 aromatic carbocycles. The highest BCUT2D eigenvalue weighted by Crippen LogP contribution is 2.37. The molecule has 1 amide bonds. The van der Waals surface area contributed by atoms with Crippen LogP contribution >= 0.6 is 0 Å². The number of hydrogen-bond donors (Lipinski definition) is 1. The highest BCUT2D eigenvalue weighted by Gasteiger charge is 2.38. The number of ether oxygens (including phenoxy) is 1. The summed E-state index contributed by atoms with van der Waals surface area (Å²) in [5, 5.41) is 3.57. The van der Waals surface area contributed by atoms with Crippen LogP contribution < -0.4 is 10.9 Å². The molecule has 2 heterocycles. The predicted octanol–water partition coefficient (Wildman–Crippen LogP) is 4.13. The Bertz CT molecular complexity index is 891. The van der Waals surface area contributed by atoms with Crippen LogP contribution in [-0.2, 0) is 11.3 Å². The van der Waals surface area contributed by atoms with Crippen LogP contribution in [0.3, 0.4) is 0 Å². The molecule has 2 fully saturated rings. The number of benzene rings is 1. The Morgan fingerprint density at radius 3 is 2.96 bits per heavy atom. The van der Waals surface area contributed by atoms with E-state index in [0.717, 1.165) is 30.0 Å². The smallest absolute Gasteiger partial charge is 0.411 e. The van der Waals surface area contributed by atoms with Gasteiger partial charge in [-0.2, -0.15) is 0 Å². The standard InChI is InChI=1S/C21H26N2O4/c1-2-26-21(25)22-16-8-9-17-15(10-20(24)27-19(17)11-16)13-23-12-14-6-4-3-5-7-18(14)23/h8-11,14,18H,2-7,12-13H2,1H3,(H,22,25)/t14-,18+/m1/s1. The first-order valence-corrected chi connectivity index (χ1v) is 9.88. The number of nitrogens with zero attached hydrogens (tertiary/aromatic N) is 1. The van der Waals surface area contributed by atoms with Crippen molar-refractivity contribution in [3.63, 3.8) is 0 Å².